The average molecular weight is 437 g/mol. The van der Waals surface area contributed by atoms with Crippen molar-refractivity contribution in [3.63, 3.8) is 0 Å². The smallest absolute Gasteiger partial charge is 0.353 e. The molecule has 2 amide bonds. The first kappa shape index (κ1) is 21.7. The molecular weight excluding hydrogens is 418 g/mol. The molecule has 0 radical (unpaired) electrons. The van der Waals surface area contributed by atoms with Gasteiger partial charge in [0.05, 0.1) is 19.9 Å². The van der Waals surface area contributed by atoms with E-state index in [0.717, 1.165) is 0 Å². The molecule has 31 heavy (non-hydrogen) atoms. The highest BCUT2D eigenvalue weighted by Crippen LogP contribution is 2.28. The van der Waals surface area contributed by atoms with E-state index in [4.69, 9.17) is 9.47 Å². The molecule has 2 N–H and O–H groups in total. The number of thiophene rings is 1. The summed E-state index contributed by atoms with van der Waals surface area (Å²) in [6, 6.07) is 16.9. The van der Waals surface area contributed by atoms with Crippen LogP contribution in [0.4, 0.5) is 0 Å². The zero-order chi connectivity index (χ0) is 22.1. The van der Waals surface area contributed by atoms with Crippen molar-refractivity contribution >= 4 is 35.3 Å². The van der Waals surface area contributed by atoms with Crippen molar-refractivity contribution in [3.05, 3.63) is 82.0 Å². The van der Waals surface area contributed by atoms with Gasteiger partial charge in [0.15, 0.2) is 11.5 Å². The standard InChI is InChI=1S/C22H19N3O5S/c1-29-18-12-15(9-10-17(18)30-22(28)19-8-5-11-31-19)13-24-25-20(26)14-23-21(27)16-6-3-2-4-7-16/h2-13H,14H2,1H3,(H,23,27)(H,25,26)/b24-13+. The number of hydrogen-bond donors (Lipinski definition) is 2. The summed E-state index contributed by atoms with van der Waals surface area (Å²) < 4.78 is 10.6. The van der Waals surface area contributed by atoms with Gasteiger partial charge in [0.1, 0.15) is 4.88 Å². The van der Waals surface area contributed by atoms with Crippen LogP contribution in [0.25, 0.3) is 0 Å². The number of esters is 1. The molecule has 158 valence electrons. The number of ether oxygens (including phenoxy) is 2. The maximum atomic E-state index is 12.1. The van der Waals surface area contributed by atoms with Crippen molar-refractivity contribution in [1.82, 2.24) is 10.7 Å². The molecule has 0 fully saturated rings. The van der Waals surface area contributed by atoms with E-state index >= 15 is 0 Å². The molecule has 8 nitrogen and oxygen atoms in total. The third-order valence-corrected chi connectivity index (χ3v) is 4.81. The highest BCUT2D eigenvalue weighted by Gasteiger charge is 2.13. The monoisotopic (exact) mass is 437 g/mol. The number of rotatable bonds is 8. The molecule has 2 aromatic carbocycles. The van der Waals surface area contributed by atoms with Gasteiger partial charge < -0.3 is 14.8 Å². The Morgan fingerprint density at radius 2 is 1.84 bits per heavy atom. The summed E-state index contributed by atoms with van der Waals surface area (Å²) in [4.78, 5) is 36.4. The van der Waals surface area contributed by atoms with Crippen molar-refractivity contribution in [3.8, 4) is 11.5 Å². The van der Waals surface area contributed by atoms with Crippen LogP contribution in [0.3, 0.4) is 0 Å². The SMILES string of the molecule is COc1cc(/C=N/NC(=O)CNC(=O)c2ccccc2)ccc1OC(=O)c1cccs1. The summed E-state index contributed by atoms with van der Waals surface area (Å²) in [5, 5.41) is 8.16. The number of hydrazone groups is 1. The van der Waals surface area contributed by atoms with Crippen LogP contribution in [0.15, 0.2) is 71.1 Å². The van der Waals surface area contributed by atoms with E-state index in [1.165, 1.54) is 24.7 Å². The average Bonchev–Trinajstić information content (AvgIpc) is 3.34. The minimum Gasteiger partial charge on any atom is -0.493 e. The predicted molar refractivity (Wildman–Crippen MR) is 117 cm³/mol. The van der Waals surface area contributed by atoms with E-state index in [2.05, 4.69) is 15.8 Å². The second-order valence-corrected chi connectivity index (χ2v) is 7.07. The number of carbonyl (C=O) groups excluding carboxylic acids is 3. The summed E-state index contributed by atoms with van der Waals surface area (Å²) in [5.74, 6) is -0.688. The van der Waals surface area contributed by atoms with Crippen molar-refractivity contribution in [2.45, 2.75) is 0 Å². The molecule has 0 saturated carbocycles. The van der Waals surface area contributed by atoms with Crippen LogP contribution in [0.1, 0.15) is 25.6 Å². The Morgan fingerprint density at radius 1 is 1.03 bits per heavy atom. The molecule has 0 atom stereocenters. The lowest BCUT2D eigenvalue weighted by Crippen LogP contribution is -2.34. The van der Waals surface area contributed by atoms with Crippen molar-refractivity contribution in [2.75, 3.05) is 13.7 Å². The van der Waals surface area contributed by atoms with Crippen LogP contribution >= 0.6 is 11.3 Å². The number of nitrogens with one attached hydrogen (secondary N) is 2. The van der Waals surface area contributed by atoms with Crippen molar-refractivity contribution < 1.29 is 23.9 Å². The molecule has 0 aliphatic carbocycles. The van der Waals surface area contributed by atoms with Gasteiger partial charge in [-0.05, 0) is 47.3 Å². The number of carbonyl (C=O) groups is 3. The molecular formula is C22H19N3O5S. The Labute approximate surface area is 182 Å². The molecule has 0 aliphatic heterocycles. The Kier molecular flexibility index (Phi) is 7.50. The molecule has 0 saturated heterocycles. The van der Waals surface area contributed by atoms with Gasteiger partial charge in [0, 0.05) is 5.56 Å². The second kappa shape index (κ2) is 10.7. The Hall–Kier alpha value is -3.98. The number of nitrogens with zero attached hydrogens (tertiary/aromatic N) is 1. The van der Waals surface area contributed by atoms with Crippen LogP contribution in [0.5, 0.6) is 11.5 Å². The van der Waals surface area contributed by atoms with Crippen LogP contribution in [-0.2, 0) is 4.79 Å². The number of benzene rings is 2. The minimum atomic E-state index is -0.478. The number of methoxy groups -OCH3 is 1. The van der Waals surface area contributed by atoms with Gasteiger partial charge in [-0.25, -0.2) is 10.2 Å². The Morgan fingerprint density at radius 3 is 2.55 bits per heavy atom. The van der Waals surface area contributed by atoms with Gasteiger partial charge in [0.25, 0.3) is 11.8 Å². The molecule has 9 heteroatoms. The lowest BCUT2D eigenvalue weighted by molar-refractivity contribution is -0.120. The molecule has 0 unspecified atom stereocenters. The summed E-state index contributed by atoms with van der Waals surface area (Å²) >= 11 is 1.28. The van der Waals surface area contributed by atoms with Gasteiger partial charge in [-0.2, -0.15) is 5.10 Å². The van der Waals surface area contributed by atoms with Crippen LogP contribution < -0.4 is 20.2 Å². The van der Waals surface area contributed by atoms with E-state index < -0.39 is 11.9 Å². The molecule has 0 bridgehead atoms. The molecule has 3 aromatic rings. The summed E-state index contributed by atoms with van der Waals surface area (Å²) in [6.45, 7) is -0.216. The molecule has 1 heterocycles. The Bertz CT molecular complexity index is 1080. The zero-order valence-corrected chi connectivity index (χ0v) is 17.3. The summed E-state index contributed by atoms with van der Waals surface area (Å²) in [6.07, 6.45) is 1.41. The van der Waals surface area contributed by atoms with E-state index in [1.54, 1.807) is 66.0 Å². The minimum absolute atomic E-state index is 0.216. The maximum Gasteiger partial charge on any atom is 0.353 e. The van der Waals surface area contributed by atoms with Crippen molar-refractivity contribution in [2.24, 2.45) is 5.10 Å². The highest BCUT2D eigenvalue weighted by atomic mass is 32.1. The van der Waals surface area contributed by atoms with Gasteiger partial charge in [-0.15, -0.1) is 11.3 Å². The van der Waals surface area contributed by atoms with Gasteiger partial charge in [0.2, 0.25) is 0 Å². The first-order chi connectivity index (χ1) is 15.1. The fourth-order valence-corrected chi connectivity index (χ4v) is 3.06. The maximum absolute atomic E-state index is 12.1. The van der Waals surface area contributed by atoms with E-state index in [9.17, 15) is 14.4 Å². The number of amides is 2. The van der Waals surface area contributed by atoms with E-state index in [-0.39, 0.29) is 18.2 Å². The third kappa shape index (κ3) is 6.25. The van der Waals surface area contributed by atoms with E-state index in [1.807, 2.05) is 0 Å². The van der Waals surface area contributed by atoms with Gasteiger partial charge >= 0.3 is 5.97 Å². The normalized spacial score (nSPS) is 10.5. The number of hydrogen-bond acceptors (Lipinski definition) is 7. The molecule has 3 rings (SSSR count). The van der Waals surface area contributed by atoms with E-state index in [0.29, 0.717) is 21.8 Å². The van der Waals surface area contributed by atoms with Crippen molar-refractivity contribution in [1.29, 1.82) is 0 Å². The molecule has 0 aliphatic rings. The van der Waals surface area contributed by atoms with Gasteiger partial charge in [-0.1, -0.05) is 24.3 Å². The third-order valence-electron chi connectivity index (χ3n) is 3.96. The van der Waals surface area contributed by atoms with Gasteiger partial charge in [-0.3, -0.25) is 9.59 Å². The second-order valence-electron chi connectivity index (χ2n) is 6.12. The fraction of sp³-hybridized carbons (Fsp3) is 0.0909. The van der Waals surface area contributed by atoms with Crippen LogP contribution in [-0.4, -0.2) is 37.7 Å². The lowest BCUT2D eigenvalue weighted by atomic mass is 10.2. The van der Waals surface area contributed by atoms with Crippen LogP contribution in [0, 0.1) is 0 Å². The predicted octanol–water partition coefficient (Wildman–Crippen LogP) is 2.86. The Balaban J connectivity index is 1.52. The quantitative estimate of drug-likeness (QED) is 0.244. The topological polar surface area (TPSA) is 106 Å². The highest BCUT2D eigenvalue weighted by molar-refractivity contribution is 7.12. The summed E-state index contributed by atoms with van der Waals surface area (Å²) in [5.41, 5.74) is 3.41. The fourth-order valence-electron chi connectivity index (χ4n) is 2.46. The lowest BCUT2D eigenvalue weighted by Gasteiger charge is -2.09. The first-order valence-corrected chi connectivity index (χ1v) is 10.0. The molecule has 1 aromatic heterocycles. The first-order valence-electron chi connectivity index (χ1n) is 9.15. The van der Waals surface area contributed by atoms with Crippen LogP contribution in [0.2, 0.25) is 0 Å². The zero-order valence-electron chi connectivity index (χ0n) is 16.5. The molecule has 0 spiro atoms. The summed E-state index contributed by atoms with van der Waals surface area (Å²) in [7, 11) is 1.45. The largest absolute Gasteiger partial charge is 0.493 e.